The van der Waals surface area contributed by atoms with Crippen LogP contribution in [0.5, 0.6) is 0 Å². The second-order valence-corrected chi connectivity index (χ2v) is 5.95. The largest absolute Gasteiger partial charge is 0.511 e. The van der Waals surface area contributed by atoms with Gasteiger partial charge in [-0.05, 0) is 60.2 Å². The molecule has 2 aromatic carbocycles. The molecule has 3 nitrogen and oxygen atoms in total. The molecule has 0 saturated carbocycles. The Morgan fingerprint density at radius 2 is 1.75 bits per heavy atom. The molecule has 0 aromatic heterocycles. The van der Waals surface area contributed by atoms with E-state index in [1.807, 2.05) is 25.1 Å². The number of benzene rings is 2. The summed E-state index contributed by atoms with van der Waals surface area (Å²) in [4.78, 5) is 12.3. The zero-order valence-electron chi connectivity index (χ0n) is 13.5. The van der Waals surface area contributed by atoms with Crippen LogP contribution in [-0.2, 0) is 9.53 Å². The Morgan fingerprint density at radius 1 is 1.04 bits per heavy atom. The number of hydrogen-bond donors (Lipinski definition) is 1. The first-order chi connectivity index (χ1) is 11.6. The van der Waals surface area contributed by atoms with Crippen LogP contribution in [0.4, 0.5) is 4.39 Å². The molecule has 24 heavy (non-hydrogen) atoms. The van der Waals surface area contributed by atoms with Gasteiger partial charge >= 0.3 is 5.97 Å². The van der Waals surface area contributed by atoms with Gasteiger partial charge in [-0.2, -0.15) is 0 Å². The number of carbonyl (C=O) groups is 1. The molecule has 0 aliphatic carbocycles. The zero-order valence-corrected chi connectivity index (χ0v) is 13.5. The van der Waals surface area contributed by atoms with Gasteiger partial charge < -0.3 is 9.84 Å². The Kier molecular flexibility index (Phi) is 4.65. The number of halogens is 1. The molecule has 0 amide bonds. The van der Waals surface area contributed by atoms with E-state index in [0.29, 0.717) is 18.6 Å². The predicted molar refractivity (Wildman–Crippen MR) is 90.9 cm³/mol. The molecule has 124 valence electrons. The first kappa shape index (κ1) is 16.2. The van der Waals surface area contributed by atoms with Crippen molar-refractivity contribution in [1.29, 1.82) is 0 Å². The Balaban J connectivity index is 2.09. The van der Waals surface area contributed by atoms with Crippen molar-refractivity contribution in [3.63, 3.8) is 0 Å². The fraction of sp³-hybridized carbons (Fsp3) is 0.250. The Hall–Kier alpha value is -2.62. The standard InChI is InChI=1S/C20H19FO3/c1-13-5-6-15(14-7-9-16(21)10-8-14)12-17(13)19-18(22)4-2-3-11-24-20(19)23/h5-10,12,22H,2-4,11H2,1H3/b19-18+. The molecule has 1 aliphatic rings. The minimum absolute atomic E-state index is 0.0686. The number of allylic oxidation sites excluding steroid dienone is 1. The third-order valence-corrected chi connectivity index (χ3v) is 4.22. The van der Waals surface area contributed by atoms with Gasteiger partial charge in [0.15, 0.2) is 0 Å². The second-order valence-electron chi connectivity index (χ2n) is 5.95. The average Bonchev–Trinajstić information content (AvgIpc) is 2.56. The summed E-state index contributed by atoms with van der Waals surface area (Å²) in [5.74, 6) is -0.722. The minimum Gasteiger partial charge on any atom is -0.511 e. The lowest BCUT2D eigenvalue weighted by molar-refractivity contribution is -0.137. The molecule has 0 unspecified atom stereocenters. The molecule has 3 rings (SSSR count). The van der Waals surface area contributed by atoms with Gasteiger partial charge in [-0.25, -0.2) is 9.18 Å². The van der Waals surface area contributed by atoms with Crippen molar-refractivity contribution >= 4 is 11.5 Å². The van der Waals surface area contributed by atoms with Crippen LogP contribution in [-0.4, -0.2) is 17.7 Å². The molecule has 0 bridgehead atoms. The number of aliphatic hydroxyl groups excluding tert-OH is 1. The van der Waals surface area contributed by atoms with Crippen LogP contribution in [0.25, 0.3) is 16.7 Å². The molecule has 2 aromatic rings. The van der Waals surface area contributed by atoms with Crippen LogP contribution in [0.15, 0.2) is 48.2 Å². The highest BCUT2D eigenvalue weighted by Crippen LogP contribution is 2.31. The monoisotopic (exact) mass is 326 g/mol. The summed E-state index contributed by atoms with van der Waals surface area (Å²) >= 11 is 0. The summed E-state index contributed by atoms with van der Waals surface area (Å²) in [7, 11) is 0. The average molecular weight is 326 g/mol. The molecular formula is C20H19FO3. The lowest BCUT2D eigenvalue weighted by atomic mass is 9.93. The second kappa shape index (κ2) is 6.87. The molecule has 4 heteroatoms. The lowest BCUT2D eigenvalue weighted by Crippen LogP contribution is -2.14. The Morgan fingerprint density at radius 3 is 2.50 bits per heavy atom. The van der Waals surface area contributed by atoms with Gasteiger partial charge in [-0.15, -0.1) is 0 Å². The maximum atomic E-state index is 13.1. The fourth-order valence-corrected chi connectivity index (χ4v) is 2.85. The molecular weight excluding hydrogens is 307 g/mol. The molecule has 0 radical (unpaired) electrons. The number of carbonyl (C=O) groups excluding carboxylic acids is 1. The molecule has 0 spiro atoms. The van der Waals surface area contributed by atoms with Gasteiger partial charge in [0.05, 0.1) is 6.61 Å². The van der Waals surface area contributed by atoms with Crippen molar-refractivity contribution in [1.82, 2.24) is 0 Å². The highest BCUT2D eigenvalue weighted by molar-refractivity contribution is 6.17. The lowest BCUT2D eigenvalue weighted by Gasteiger charge is -2.17. The summed E-state index contributed by atoms with van der Waals surface area (Å²) in [6.07, 6.45) is 1.99. The molecule has 1 aliphatic heterocycles. The van der Waals surface area contributed by atoms with E-state index >= 15 is 0 Å². The third kappa shape index (κ3) is 3.32. The molecule has 0 saturated heterocycles. The van der Waals surface area contributed by atoms with Gasteiger partial charge in [0.1, 0.15) is 17.1 Å². The van der Waals surface area contributed by atoms with Crippen molar-refractivity contribution in [3.8, 4) is 11.1 Å². The van der Waals surface area contributed by atoms with E-state index in [1.54, 1.807) is 12.1 Å². The van der Waals surface area contributed by atoms with E-state index < -0.39 is 5.97 Å². The first-order valence-electron chi connectivity index (χ1n) is 8.02. The van der Waals surface area contributed by atoms with Gasteiger partial charge in [-0.3, -0.25) is 0 Å². The summed E-state index contributed by atoms with van der Waals surface area (Å²) in [6, 6.07) is 11.8. The highest BCUT2D eigenvalue weighted by Gasteiger charge is 2.23. The molecule has 1 N–H and O–H groups in total. The molecule has 1 heterocycles. The summed E-state index contributed by atoms with van der Waals surface area (Å²) in [5, 5.41) is 10.3. The van der Waals surface area contributed by atoms with Crippen LogP contribution in [0.2, 0.25) is 0 Å². The normalized spacial score (nSPS) is 18.7. The Labute approximate surface area is 140 Å². The maximum Gasteiger partial charge on any atom is 0.342 e. The number of hydrogen-bond acceptors (Lipinski definition) is 3. The number of cyclic esters (lactones) is 1. The predicted octanol–water partition coefficient (Wildman–Crippen LogP) is 4.80. The van der Waals surface area contributed by atoms with Crippen molar-refractivity contribution in [2.45, 2.75) is 26.2 Å². The Bertz CT molecular complexity index is 791. The SMILES string of the molecule is Cc1ccc(-c2ccc(F)cc2)cc1/C1=C(\O)CCCCOC1=O. The first-order valence-corrected chi connectivity index (χ1v) is 8.02. The summed E-state index contributed by atoms with van der Waals surface area (Å²) in [5.41, 5.74) is 3.46. The molecule has 0 atom stereocenters. The van der Waals surface area contributed by atoms with Gasteiger partial charge in [0.25, 0.3) is 0 Å². The van der Waals surface area contributed by atoms with Gasteiger partial charge in [0, 0.05) is 6.42 Å². The van der Waals surface area contributed by atoms with E-state index in [2.05, 4.69) is 0 Å². The van der Waals surface area contributed by atoms with E-state index in [9.17, 15) is 14.3 Å². The van der Waals surface area contributed by atoms with Crippen molar-refractivity contribution in [2.24, 2.45) is 0 Å². The van der Waals surface area contributed by atoms with Gasteiger partial charge in [0.2, 0.25) is 0 Å². The highest BCUT2D eigenvalue weighted by atomic mass is 19.1. The third-order valence-electron chi connectivity index (χ3n) is 4.22. The number of rotatable bonds is 2. The van der Waals surface area contributed by atoms with Crippen LogP contribution in [0, 0.1) is 12.7 Å². The van der Waals surface area contributed by atoms with E-state index in [4.69, 9.17) is 4.74 Å². The summed E-state index contributed by atoms with van der Waals surface area (Å²) in [6.45, 7) is 2.25. The maximum absolute atomic E-state index is 13.1. The van der Waals surface area contributed by atoms with Crippen LogP contribution < -0.4 is 0 Å². The number of aliphatic hydroxyl groups is 1. The van der Waals surface area contributed by atoms with Crippen molar-refractivity contribution in [3.05, 3.63) is 65.2 Å². The van der Waals surface area contributed by atoms with Crippen molar-refractivity contribution < 1.29 is 19.0 Å². The topological polar surface area (TPSA) is 46.5 Å². The van der Waals surface area contributed by atoms with Crippen LogP contribution >= 0.6 is 0 Å². The minimum atomic E-state index is -0.494. The summed E-state index contributed by atoms with van der Waals surface area (Å²) < 4.78 is 18.4. The molecule has 0 fully saturated rings. The number of aryl methyl sites for hydroxylation is 1. The van der Waals surface area contributed by atoms with Crippen molar-refractivity contribution in [2.75, 3.05) is 6.61 Å². The van der Waals surface area contributed by atoms with E-state index in [0.717, 1.165) is 29.5 Å². The number of ether oxygens (including phenoxy) is 1. The van der Waals surface area contributed by atoms with E-state index in [-0.39, 0.29) is 17.1 Å². The van der Waals surface area contributed by atoms with Gasteiger partial charge in [-0.1, -0.05) is 24.3 Å². The van der Waals surface area contributed by atoms with Crippen LogP contribution in [0.1, 0.15) is 30.4 Å². The quantitative estimate of drug-likeness (QED) is 0.807. The zero-order chi connectivity index (χ0) is 17.1. The van der Waals surface area contributed by atoms with Crippen LogP contribution in [0.3, 0.4) is 0 Å². The smallest absolute Gasteiger partial charge is 0.342 e. The van der Waals surface area contributed by atoms with E-state index in [1.165, 1.54) is 12.1 Å². The fourth-order valence-electron chi connectivity index (χ4n) is 2.85. The number of esters is 1.